The molecule has 0 saturated carbocycles. The first-order valence-corrected chi connectivity index (χ1v) is 9.80. The lowest BCUT2D eigenvalue weighted by molar-refractivity contribution is -0.154. The van der Waals surface area contributed by atoms with E-state index in [2.05, 4.69) is 23.6 Å². The third-order valence-corrected chi connectivity index (χ3v) is 5.29. The number of rotatable bonds is 7. The number of carbonyl (C=O) groups excluding carboxylic acids is 1. The fourth-order valence-electron chi connectivity index (χ4n) is 3.95. The van der Waals surface area contributed by atoms with Gasteiger partial charge in [-0.15, -0.1) is 0 Å². The molecular formula is C24H29NO2. The Labute approximate surface area is 162 Å². The second kappa shape index (κ2) is 9.01. The van der Waals surface area contributed by atoms with Gasteiger partial charge in [0.1, 0.15) is 0 Å². The number of likely N-dealkylation sites (tertiary alicyclic amines) is 1. The number of hydrogen-bond acceptors (Lipinski definition) is 3. The number of ether oxygens (including phenoxy) is 1. The Hall–Kier alpha value is -2.39. The smallest absolute Gasteiger partial charge is 0.303 e. The molecule has 1 saturated heterocycles. The summed E-state index contributed by atoms with van der Waals surface area (Å²) in [5.74, 6) is -0.283. The summed E-state index contributed by atoms with van der Waals surface area (Å²) in [4.78, 5) is 14.6. The van der Waals surface area contributed by atoms with E-state index in [1.807, 2.05) is 48.5 Å². The number of nitrogens with zero attached hydrogens (tertiary/aromatic N) is 1. The molecule has 27 heavy (non-hydrogen) atoms. The number of hydrogen-bond donors (Lipinski definition) is 0. The second-order valence-electron chi connectivity index (χ2n) is 7.39. The SMILES string of the molecule is C=C(CN1CCCCC1)C(Cc1ccccc1)(OC(C)=O)c1ccccc1. The molecular weight excluding hydrogens is 334 g/mol. The molecule has 3 heteroatoms. The number of piperidine rings is 1. The first-order valence-electron chi connectivity index (χ1n) is 9.80. The van der Waals surface area contributed by atoms with Crippen LogP contribution in [-0.4, -0.2) is 30.5 Å². The van der Waals surface area contributed by atoms with Crippen molar-refractivity contribution in [2.75, 3.05) is 19.6 Å². The van der Waals surface area contributed by atoms with Crippen LogP contribution in [0, 0.1) is 0 Å². The maximum atomic E-state index is 12.1. The van der Waals surface area contributed by atoms with Crippen LogP contribution in [0.5, 0.6) is 0 Å². The van der Waals surface area contributed by atoms with Crippen LogP contribution < -0.4 is 0 Å². The highest BCUT2D eigenvalue weighted by atomic mass is 16.6. The van der Waals surface area contributed by atoms with Crippen molar-refractivity contribution >= 4 is 5.97 Å². The second-order valence-corrected chi connectivity index (χ2v) is 7.39. The Morgan fingerprint density at radius 1 is 1.00 bits per heavy atom. The average molecular weight is 364 g/mol. The van der Waals surface area contributed by atoms with Gasteiger partial charge in [-0.1, -0.05) is 73.7 Å². The van der Waals surface area contributed by atoms with Crippen molar-refractivity contribution in [1.82, 2.24) is 4.90 Å². The van der Waals surface area contributed by atoms with Gasteiger partial charge in [0.05, 0.1) is 0 Å². The summed E-state index contributed by atoms with van der Waals surface area (Å²) in [5, 5.41) is 0. The first-order chi connectivity index (χ1) is 13.1. The van der Waals surface area contributed by atoms with Gasteiger partial charge >= 0.3 is 5.97 Å². The summed E-state index contributed by atoms with van der Waals surface area (Å²) in [6.45, 7) is 8.81. The topological polar surface area (TPSA) is 29.5 Å². The van der Waals surface area contributed by atoms with Crippen LogP contribution >= 0.6 is 0 Å². The average Bonchev–Trinajstić information content (AvgIpc) is 2.69. The number of esters is 1. The molecule has 3 rings (SSSR count). The highest BCUT2D eigenvalue weighted by Gasteiger charge is 2.39. The van der Waals surface area contributed by atoms with Crippen molar-refractivity contribution in [1.29, 1.82) is 0 Å². The normalized spacial score (nSPS) is 17.1. The van der Waals surface area contributed by atoms with Crippen molar-refractivity contribution < 1.29 is 9.53 Å². The van der Waals surface area contributed by atoms with Crippen LogP contribution in [0.2, 0.25) is 0 Å². The zero-order valence-corrected chi connectivity index (χ0v) is 16.2. The Balaban J connectivity index is 1.98. The third kappa shape index (κ3) is 4.86. The van der Waals surface area contributed by atoms with Crippen molar-refractivity contribution in [3.8, 4) is 0 Å². The zero-order valence-electron chi connectivity index (χ0n) is 16.2. The molecule has 1 unspecified atom stereocenters. The zero-order chi connectivity index (χ0) is 19.1. The molecule has 1 aliphatic rings. The van der Waals surface area contributed by atoms with Crippen molar-refractivity contribution in [3.63, 3.8) is 0 Å². The molecule has 0 radical (unpaired) electrons. The van der Waals surface area contributed by atoms with Gasteiger partial charge in [0.15, 0.2) is 5.60 Å². The number of carbonyl (C=O) groups is 1. The molecule has 1 heterocycles. The summed E-state index contributed by atoms with van der Waals surface area (Å²) in [7, 11) is 0. The van der Waals surface area contributed by atoms with Crippen LogP contribution in [0.25, 0.3) is 0 Å². The molecule has 3 nitrogen and oxygen atoms in total. The van der Waals surface area contributed by atoms with E-state index in [0.29, 0.717) is 6.42 Å². The monoisotopic (exact) mass is 363 g/mol. The van der Waals surface area contributed by atoms with Crippen molar-refractivity contribution in [3.05, 3.63) is 83.9 Å². The van der Waals surface area contributed by atoms with E-state index in [0.717, 1.165) is 36.3 Å². The van der Waals surface area contributed by atoms with Crippen molar-refractivity contribution in [2.45, 2.75) is 38.2 Å². The summed E-state index contributed by atoms with van der Waals surface area (Å²) < 4.78 is 6.07. The van der Waals surface area contributed by atoms with Gasteiger partial charge < -0.3 is 4.74 Å². The van der Waals surface area contributed by atoms with E-state index in [1.54, 1.807) is 0 Å². The Kier molecular flexibility index (Phi) is 6.46. The molecule has 1 fully saturated rings. The lowest BCUT2D eigenvalue weighted by Gasteiger charge is -2.38. The minimum atomic E-state index is -0.855. The molecule has 0 bridgehead atoms. The lowest BCUT2D eigenvalue weighted by Crippen LogP contribution is -2.42. The fraction of sp³-hybridized carbons (Fsp3) is 0.375. The van der Waals surface area contributed by atoms with Crippen LogP contribution in [0.1, 0.15) is 37.3 Å². The molecule has 2 aromatic carbocycles. The van der Waals surface area contributed by atoms with Gasteiger partial charge in [0.25, 0.3) is 0 Å². The minimum absolute atomic E-state index is 0.283. The molecule has 0 spiro atoms. The Morgan fingerprint density at radius 3 is 2.19 bits per heavy atom. The van der Waals surface area contributed by atoms with Crippen LogP contribution in [-0.2, 0) is 21.6 Å². The van der Waals surface area contributed by atoms with Crippen LogP contribution in [0.3, 0.4) is 0 Å². The quantitative estimate of drug-likeness (QED) is 0.526. The molecule has 0 N–H and O–H groups in total. The fourth-order valence-corrected chi connectivity index (χ4v) is 3.95. The van der Waals surface area contributed by atoms with E-state index in [1.165, 1.54) is 26.2 Å². The molecule has 1 aliphatic heterocycles. The van der Waals surface area contributed by atoms with Gasteiger partial charge in [-0.05, 0) is 37.1 Å². The van der Waals surface area contributed by atoms with Crippen molar-refractivity contribution in [2.24, 2.45) is 0 Å². The lowest BCUT2D eigenvalue weighted by atomic mass is 9.80. The standard InChI is InChI=1S/C24H29NO2/c1-20(19-25-16-10-5-11-17-25)24(27-21(2)26,23-14-8-4-9-15-23)18-22-12-6-3-7-13-22/h3-4,6-9,12-15H,1,5,10-11,16-19H2,2H3. The van der Waals surface area contributed by atoms with E-state index < -0.39 is 5.60 Å². The maximum absolute atomic E-state index is 12.1. The molecule has 1 atom stereocenters. The van der Waals surface area contributed by atoms with Crippen LogP contribution in [0.15, 0.2) is 72.8 Å². The van der Waals surface area contributed by atoms with Gasteiger partial charge in [0.2, 0.25) is 0 Å². The van der Waals surface area contributed by atoms with E-state index in [9.17, 15) is 4.79 Å². The summed E-state index contributed by atoms with van der Waals surface area (Å²) >= 11 is 0. The van der Waals surface area contributed by atoms with Gasteiger partial charge in [-0.2, -0.15) is 0 Å². The summed E-state index contributed by atoms with van der Waals surface area (Å²) in [6.07, 6.45) is 4.32. The van der Waals surface area contributed by atoms with E-state index >= 15 is 0 Å². The van der Waals surface area contributed by atoms with Crippen LogP contribution in [0.4, 0.5) is 0 Å². The highest BCUT2D eigenvalue weighted by Crippen LogP contribution is 2.37. The van der Waals surface area contributed by atoms with Gasteiger partial charge in [0, 0.05) is 25.5 Å². The van der Waals surface area contributed by atoms with Gasteiger partial charge in [-0.25, -0.2) is 0 Å². The third-order valence-electron chi connectivity index (χ3n) is 5.29. The Bertz CT molecular complexity index is 750. The first kappa shape index (κ1) is 19.4. The molecule has 2 aromatic rings. The molecule has 0 amide bonds. The molecule has 142 valence electrons. The Morgan fingerprint density at radius 2 is 1.59 bits per heavy atom. The molecule has 0 aromatic heterocycles. The highest BCUT2D eigenvalue weighted by molar-refractivity contribution is 5.67. The summed E-state index contributed by atoms with van der Waals surface area (Å²) in [6, 6.07) is 20.2. The minimum Gasteiger partial charge on any atom is -0.449 e. The summed E-state index contributed by atoms with van der Waals surface area (Å²) in [5.41, 5.74) is 2.19. The van der Waals surface area contributed by atoms with E-state index in [4.69, 9.17) is 4.74 Å². The maximum Gasteiger partial charge on any atom is 0.303 e. The predicted octanol–water partition coefficient (Wildman–Crippen LogP) is 4.73. The number of benzene rings is 2. The largest absolute Gasteiger partial charge is 0.449 e. The van der Waals surface area contributed by atoms with Gasteiger partial charge in [-0.3, -0.25) is 9.69 Å². The molecule has 0 aliphatic carbocycles. The predicted molar refractivity (Wildman–Crippen MR) is 109 cm³/mol. The van der Waals surface area contributed by atoms with E-state index in [-0.39, 0.29) is 5.97 Å².